The third-order valence-corrected chi connectivity index (χ3v) is 6.07. The predicted molar refractivity (Wildman–Crippen MR) is 119 cm³/mol. The highest BCUT2D eigenvalue weighted by Crippen LogP contribution is 2.28. The number of ether oxygens (including phenoxy) is 1. The average molecular weight is 439 g/mol. The second-order valence-corrected chi connectivity index (χ2v) is 8.03. The van der Waals surface area contributed by atoms with Gasteiger partial charge in [-0.2, -0.15) is 4.98 Å². The molecule has 0 atom stereocenters. The van der Waals surface area contributed by atoms with Crippen LogP contribution in [0.4, 0.5) is 22.4 Å². The fourth-order valence-corrected chi connectivity index (χ4v) is 4.36. The molecular formula is C20H22N8O2S. The topological polar surface area (TPSA) is 101 Å². The van der Waals surface area contributed by atoms with E-state index in [0.29, 0.717) is 44.6 Å². The number of carbonyl (C=O) groups excluding carboxylic acids is 1. The number of thiazole rings is 1. The molecular weight excluding hydrogens is 416 g/mol. The third-order valence-electron chi connectivity index (χ3n) is 5.13. The van der Waals surface area contributed by atoms with Crippen LogP contribution in [0.5, 0.6) is 0 Å². The summed E-state index contributed by atoms with van der Waals surface area (Å²) in [6.45, 7) is 6.56. The quantitative estimate of drug-likeness (QED) is 0.519. The highest BCUT2D eigenvalue weighted by atomic mass is 32.1. The Hall–Kier alpha value is -3.47. The van der Waals surface area contributed by atoms with E-state index in [2.05, 4.69) is 20.3 Å². The Kier molecular flexibility index (Phi) is 5.02. The zero-order chi connectivity index (χ0) is 21.4. The van der Waals surface area contributed by atoms with Gasteiger partial charge in [-0.25, -0.2) is 19.3 Å². The molecule has 11 heteroatoms. The van der Waals surface area contributed by atoms with E-state index >= 15 is 0 Å². The van der Waals surface area contributed by atoms with Crippen LogP contribution in [0.25, 0.3) is 16.0 Å². The molecule has 4 heterocycles. The largest absolute Gasteiger partial charge is 0.450 e. The first-order chi connectivity index (χ1) is 15.1. The van der Waals surface area contributed by atoms with Gasteiger partial charge in [0.2, 0.25) is 10.9 Å². The van der Waals surface area contributed by atoms with Gasteiger partial charge in [-0.05, 0) is 26.0 Å². The Morgan fingerprint density at radius 3 is 2.58 bits per heavy atom. The van der Waals surface area contributed by atoms with E-state index < -0.39 is 0 Å². The van der Waals surface area contributed by atoms with Gasteiger partial charge in [-0.1, -0.05) is 12.1 Å². The minimum absolute atomic E-state index is 0.275. The van der Waals surface area contributed by atoms with Crippen molar-refractivity contribution >= 4 is 51.0 Å². The van der Waals surface area contributed by atoms with E-state index in [9.17, 15) is 4.79 Å². The molecule has 4 aromatic rings. The van der Waals surface area contributed by atoms with Gasteiger partial charge >= 0.3 is 6.09 Å². The number of anilines is 3. The smallest absolute Gasteiger partial charge is 0.409 e. The zero-order valence-corrected chi connectivity index (χ0v) is 18.1. The highest BCUT2D eigenvalue weighted by Gasteiger charge is 2.25. The lowest BCUT2D eigenvalue weighted by Crippen LogP contribution is -2.49. The number of hydrogen-bond donors (Lipinski definition) is 1. The predicted octanol–water partition coefficient (Wildman–Crippen LogP) is 3.06. The Morgan fingerprint density at radius 2 is 1.87 bits per heavy atom. The van der Waals surface area contributed by atoms with Crippen molar-refractivity contribution < 1.29 is 9.53 Å². The molecule has 1 N–H and O–H groups in total. The van der Waals surface area contributed by atoms with Crippen molar-refractivity contribution in [3.8, 4) is 0 Å². The Labute approximate surface area is 182 Å². The van der Waals surface area contributed by atoms with Crippen LogP contribution in [-0.4, -0.2) is 68.3 Å². The van der Waals surface area contributed by atoms with Gasteiger partial charge in [0, 0.05) is 31.6 Å². The first kappa shape index (κ1) is 19.5. The lowest BCUT2D eigenvalue weighted by Gasteiger charge is -2.35. The summed E-state index contributed by atoms with van der Waals surface area (Å²) in [5, 5.41) is 9.82. The van der Waals surface area contributed by atoms with Crippen molar-refractivity contribution in [3.05, 3.63) is 35.3 Å². The number of rotatable bonds is 4. The van der Waals surface area contributed by atoms with Crippen molar-refractivity contribution in [2.45, 2.75) is 13.8 Å². The number of carbonyl (C=O) groups is 1. The second kappa shape index (κ2) is 7.99. The molecule has 1 aliphatic rings. The molecule has 5 rings (SSSR count). The maximum absolute atomic E-state index is 12.0. The lowest BCUT2D eigenvalue weighted by molar-refractivity contribution is 0.105. The van der Waals surface area contributed by atoms with Crippen LogP contribution >= 0.6 is 11.3 Å². The molecule has 1 aromatic carbocycles. The number of piperazine rings is 1. The van der Waals surface area contributed by atoms with Crippen molar-refractivity contribution in [1.29, 1.82) is 0 Å². The van der Waals surface area contributed by atoms with Gasteiger partial charge < -0.3 is 19.9 Å². The van der Waals surface area contributed by atoms with Crippen molar-refractivity contribution in [2.24, 2.45) is 0 Å². The van der Waals surface area contributed by atoms with Crippen molar-refractivity contribution in [1.82, 2.24) is 29.5 Å². The van der Waals surface area contributed by atoms with Crippen LogP contribution in [0.15, 0.2) is 29.6 Å². The molecule has 0 aliphatic carbocycles. The van der Waals surface area contributed by atoms with Crippen LogP contribution in [0.1, 0.15) is 12.6 Å². The van der Waals surface area contributed by atoms with E-state index in [-0.39, 0.29) is 6.09 Å². The molecule has 1 fully saturated rings. The van der Waals surface area contributed by atoms with Crippen LogP contribution in [-0.2, 0) is 4.74 Å². The molecule has 0 saturated carbocycles. The number of nitrogens with zero attached hydrogens (tertiary/aromatic N) is 7. The zero-order valence-electron chi connectivity index (χ0n) is 17.3. The number of aryl methyl sites for hydroxylation is 1. The first-order valence-corrected chi connectivity index (χ1v) is 11.0. The Balaban J connectivity index is 1.46. The summed E-state index contributed by atoms with van der Waals surface area (Å²) in [5.74, 6) is 1.79. The van der Waals surface area contributed by atoms with Crippen LogP contribution in [0.2, 0.25) is 0 Å². The fourth-order valence-electron chi connectivity index (χ4n) is 3.56. The molecule has 3 aromatic heterocycles. The summed E-state index contributed by atoms with van der Waals surface area (Å²) in [6.07, 6.45) is -0.275. The monoisotopic (exact) mass is 438 g/mol. The second-order valence-electron chi connectivity index (χ2n) is 7.19. The Morgan fingerprint density at radius 1 is 1.13 bits per heavy atom. The van der Waals surface area contributed by atoms with E-state index in [4.69, 9.17) is 14.7 Å². The highest BCUT2D eigenvalue weighted by molar-refractivity contribution is 7.15. The number of aromatic nitrogens is 5. The molecule has 1 saturated heterocycles. The summed E-state index contributed by atoms with van der Waals surface area (Å²) in [6, 6.07) is 7.76. The summed E-state index contributed by atoms with van der Waals surface area (Å²) in [7, 11) is 0. The molecule has 10 nitrogen and oxygen atoms in total. The van der Waals surface area contributed by atoms with Crippen LogP contribution < -0.4 is 10.2 Å². The minimum Gasteiger partial charge on any atom is -0.450 e. The maximum atomic E-state index is 12.0. The fraction of sp³-hybridized carbons (Fsp3) is 0.350. The molecule has 0 radical (unpaired) electrons. The molecule has 1 aliphatic heterocycles. The van der Waals surface area contributed by atoms with E-state index in [1.165, 1.54) is 0 Å². The molecule has 1 amide bonds. The van der Waals surface area contributed by atoms with Gasteiger partial charge in [0.05, 0.1) is 23.3 Å². The number of fused-ring (bicyclic) bond motifs is 2. The van der Waals surface area contributed by atoms with Gasteiger partial charge in [-0.15, -0.1) is 16.4 Å². The van der Waals surface area contributed by atoms with Crippen molar-refractivity contribution in [3.63, 3.8) is 0 Å². The number of nitrogens with one attached hydrogen (secondary N) is 1. The van der Waals surface area contributed by atoms with E-state index in [1.54, 1.807) is 20.8 Å². The average Bonchev–Trinajstić information content (AvgIpc) is 3.34. The van der Waals surface area contributed by atoms with Gasteiger partial charge in [0.15, 0.2) is 11.6 Å². The molecule has 0 bridgehead atoms. The third kappa shape index (κ3) is 3.72. The van der Waals surface area contributed by atoms with Crippen LogP contribution in [0.3, 0.4) is 0 Å². The number of para-hydroxylation sites is 2. The van der Waals surface area contributed by atoms with Crippen LogP contribution in [0, 0.1) is 6.92 Å². The number of amides is 1. The summed E-state index contributed by atoms with van der Waals surface area (Å²) < 4.78 is 6.93. The molecule has 160 valence electrons. The molecule has 0 unspecified atom stereocenters. The molecule has 0 spiro atoms. The van der Waals surface area contributed by atoms with E-state index in [1.807, 2.05) is 43.5 Å². The molecule has 31 heavy (non-hydrogen) atoms. The minimum atomic E-state index is -0.275. The standard InChI is InChI=1S/C20H22N8O2S/c1-3-30-20(29)27-10-8-26(9-11-27)17-16(21-14-6-4-5-7-15(14)22-17)23-18-24-19-28(25-18)13(2)12-31-19/h4-7,12H,3,8-11H2,1-2H3,(H,21,23,25). The lowest BCUT2D eigenvalue weighted by atomic mass is 10.3. The van der Waals surface area contributed by atoms with Gasteiger partial charge in [-0.3, -0.25) is 0 Å². The normalized spacial score (nSPS) is 14.4. The summed E-state index contributed by atoms with van der Waals surface area (Å²) in [5.41, 5.74) is 2.63. The summed E-state index contributed by atoms with van der Waals surface area (Å²) >= 11 is 1.54. The summed E-state index contributed by atoms with van der Waals surface area (Å²) in [4.78, 5) is 30.9. The number of benzene rings is 1. The number of hydrogen-bond acceptors (Lipinski definition) is 9. The van der Waals surface area contributed by atoms with E-state index in [0.717, 1.165) is 27.5 Å². The SMILES string of the molecule is CCOC(=O)N1CCN(c2nc3ccccc3nc2Nc2nc3scc(C)n3n2)CC1. The maximum Gasteiger partial charge on any atom is 0.409 e. The van der Waals surface area contributed by atoms with Crippen molar-refractivity contribution in [2.75, 3.05) is 43.0 Å². The van der Waals surface area contributed by atoms with Gasteiger partial charge in [0.1, 0.15) is 0 Å². The Bertz CT molecular complexity index is 1240. The van der Waals surface area contributed by atoms with Gasteiger partial charge in [0.25, 0.3) is 0 Å². The first-order valence-electron chi connectivity index (χ1n) is 10.1.